The third kappa shape index (κ3) is 20.2. The van der Waals surface area contributed by atoms with Crippen LogP contribution in [0, 0.1) is 22.2 Å². The van der Waals surface area contributed by atoms with Gasteiger partial charge in [-0.3, -0.25) is 14.3 Å². The SMILES string of the molecule is C=CC(=O)OCOC(=O)CC1(C)CC(CC(=O)OCC(F)(F)OC(C)(C)OC(C)(C)C(C)(C)OC(F)(F)COC(=O)NC2CC(C)(C)CC(C)(NC(=O)OCOC(=O)C=C)C2)CC(C)(C)C1. The highest BCUT2D eigenvalue weighted by Crippen LogP contribution is 2.51. The van der Waals surface area contributed by atoms with Crippen molar-refractivity contribution in [2.75, 3.05) is 26.8 Å². The molecule has 2 aliphatic rings. The van der Waals surface area contributed by atoms with Crippen molar-refractivity contribution in [2.24, 2.45) is 22.2 Å². The first kappa shape index (κ1) is 57.6. The van der Waals surface area contributed by atoms with Gasteiger partial charge in [0, 0.05) is 30.2 Å². The van der Waals surface area contributed by atoms with Gasteiger partial charge in [0.25, 0.3) is 0 Å². The zero-order valence-electron chi connectivity index (χ0n) is 40.3. The first-order valence-electron chi connectivity index (χ1n) is 21.5. The second-order valence-electron chi connectivity index (χ2n) is 20.8. The summed E-state index contributed by atoms with van der Waals surface area (Å²) >= 11 is 0. The van der Waals surface area contributed by atoms with Crippen LogP contribution in [-0.4, -0.2) is 104 Å². The quantitative estimate of drug-likeness (QED) is 0.0324. The molecule has 0 saturated heterocycles. The molecule has 0 radical (unpaired) electrons. The van der Waals surface area contributed by atoms with E-state index in [2.05, 4.69) is 28.5 Å². The highest BCUT2D eigenvalue weighted by Gasteiger charge is 2.52. The molecule has 21 heteroatoms. The molecular formula is C45H70F4N2O15. The summed E-state index contributed by atoms with van der Waals surface area (Å²) in [6, 6.07) is -0.637. The molecule has 2 N–H and O–H groups in total. The first-order chi connectivity index (χ1) is 29.8. The molecule has 17 nitrogen and oxygen atoms in total. The monoisotopic (exact) mass is 954 g/mol. The maximum Gasteiger partial charge on any atom is 0.410 e. The molecule has 378 valence electrons. The van der Waals surface area contributed by atoms with Gasteiger partial charge >= 0.3 is 48.3 Å². The maximum atomic E-state index is 15.3. The van der Waals surface area contributed by atoms with E-state index in [-0.39, 0.29) is 30.6 Å². The Morgan fingerprint density at radius 1 is 0.606 bits per heavy atom. The highest BCUT2D eigenvalue weighted by molar-refractivity contribution is 5.81. The Morgan fingerprint density at radius 3 is 1.70 bits per heavy atom. The molecule has 0 aromatic rings. The molecule has 0 bridgehead atoms. The number of alkyl carbamates (subject to hydrolysis) is 2. The van der Waals surface area contributed by atoms with Crippen LogP contribution in [0.2, 0.25) is 0 Å². The lowest BCUT2D eigenvalue weighted by molar-refractivity contribution is -0.406. The Labute approximate surface area is 384 Å². The van der Waals surface area contributed by atoms with Crippen molar-refractivity contribution >= 4 is 36.1 Å². The summed E-state index contributed by atoms with van der Waals surface area (Å²) in [4.78, 5) is 73.1. The van der Waals surface area contributed by atoms with Crippen molar-refractivity contribution in [1.82, 2.24) is 10.6 Å². The third-order valence-corrected chi connectivity index (χ3v) is 11.3. The molecule has 0 aliphatic heterocycles. The molecule has 4 unspecified atom stereocenters. The molecule has 2 aliphatic carbocycles. The van der Waals surface area contributed by atoms with E-state index < -0.39 is 114 Å². The first-order valence-corrected chi connectivity index (χ1v) is 21.5. The Kier molecular flexibility index (Phi) is 19.3. The van der Waals surface area contributed by atoms with Crippen LogP contribution in [0.25, 0.3) is 0 Å². The van der Waals surface area contributed by atoms with Gasteiger partial charge in [0.2, 0.25) is 13.6 Å². The van der Waals surface area contributed by atoms with Crippen molar-refractivity contribution in [3.8, 4) is 0 Å². The summed E-state index contributed by atoms with van der Waals surface area (Å²) in [5.74, 6) is -5.61. The zero-order chi connectivity index (χ0) is 50.8. The minimum Gasteiger partial charge on any atom is -0.456 e. The summed E-state index contributed by atoms with van der Waals surface area (Å²) in [5, 5.41) is 5.25. The van der Waals surface area contributed by atoms with Crippen LogP contribution in [0.1, 0.15) is 134 Å². The van der Waals surface area contributed by atoms with Gasteiger partial charge in [-0.1, -0.05) is 47.8 Å². The Hall–Kier alpha value is -4.50. The van der Waals surface area contributed by atoms with Crippen molar-refractivity contribution in [2.45, 2.75) is 175 Å². The van der Waals surface area contributed by atoms with E-state index in [4.69, 9.17) is 37.9 Å². The van der Waals surface area contributed by atoms with E-state index in [1.54, 1.807) is 6.92 Å². The van der Waals surface area contributed by atoms with Crippen molar-refractivity contribution in [1.29, 1.82) is 0 Å². The Morgan fingerprint density at radius 2 is 1.12 bits per heavy atom. The normalized spacial score (nSPS) is 23.3. The number of hydrogen-bond acceptors (Lipinski definition) is 15. The van der Waals surface area contributed by atoms with E-state index in [1.807, 2.05) is 34.6 Å². The maximum absolute atomic E-state index is 15.3. The molecule has 2 saturated carbocycles. The number of esters is 4. The fourth-order valence-corrected chi connectivity index (χ4v) is 9.39. The number of rotatable bonds is 23. The summed E-state index contributed by atoms with van der Waals surface area (Å²) in [6.45, 7) is 20.7. The van der Waals surface area contributed by atoms with Gasteiger partial charge < -0.3 is 48.5 Å². The van der Waals surface area contributed by atoms with Crippen molar-refractivity contribution in [3.63, 3.8) is 0 Å². The molecule has 2 amide bonds. The summed E-state index contributed by atoms with van der Waals surface area (Å²) < 4.78 is 106. The van der Waals surface area contributed by atoms with E-state index >= 15 is 17.6 Å². The highest BCUT2D eigenvalue weighted by atomic mass is 19.3. The van der Waals surface area contributed by atoms with E-state index in [9.17, 15) is 28.8 Å². The van der Waals surface area contributed by atoms with Gasteiger partial charge in [0.15, 0.2) is 19.0 Å². The fourth-order valence-electron chi connectivity index (χ4n) is 9.39. The van der Waals surface area contributed by atoms with Crippen LogP contribution < -0.4 is 10.6 Å². The minimum absolute atomic E-state index is 0.0438. The van der Waals surface area contributed by atoms with Crippen molar-refractivity contribution < 1.29 is 89.0 Å². The number of carbonyl (C=O) groups excluding carboxylic acids is 6. The molecule has 2 rings (SSSR count). The summed E-state index contributed by atoms with van der Waals surface area (Å²) in [6.07, 6.45) is -6.22. The lowest BCUT2D eigenvalue weighted by Gasteiger charge is -2.47. The van der Waals surface area contributed by atoms with E-state index in [0.29, 0.717) is 32.1 Å². The molecule has 0 spiro atoms. The van der Waals surface area contributed by atoms with Gasteiger partial charge in [-0.05, 0) is 109 Å². The Bertz CT molecular complexity index is 1770. The molecule has 0 aromatic heterocycles. The number of alkyl halides is 4. The summed E-state index contributed by atoms with van der Waals surface area (Å²) in [7, 11) is 0. The fraction of sp³-hybridized carbons (Fsp3) is 0.778. The second kappa shape index (κ2) is 22.1. The van der Waals surface area contributed by atoms with Crippen molar-refractivity contribution in [3.05, 3.63) is 25.3 Å². The standard InChI is InChI=1S/C45H70F4N2O15/c1-15-31(52)60-27-62-34(55)22-42(13)19-29(18-37(3,4)23-42)17-33(54)58-25-45(48,49)66-41(11,12)64-39(7,8)40(9,10)65-44(46,47)26-59-35(56)50-30-20-38(5,6)24-43(14,21-30)51-36(57)63-28-61-32(53)16-2/h15-16,29-30H,1-2,17-28H2,3-14H3,(H,50,56)(H,51,57). The van der Waals surface area contributed by atoms with Gasteiger partial charge in [0.1, 0.15) is 0 Å². The molecule has 66 heavy (non-hydrogen) atoms. The number of nitrogens with one attached hydrogen (secondary N) is 2. The number of amides is 2. The predicted octanol–water partition coefficient (Wildman–Crippen LogP) is 8.38. The van der Waals surface area contributed by atoms with Crippen LogP contribution in [0.3, 0.4) is 0 Å². The van der Waals surface area contributed by atoms with Gasteiger partial charge in [-0.25, -0.2) is 19.2 Å². The average molecular weight is 955 g/mol. The van der Waals surface area contributed by atoms with E-state index in [1.165, 1.54) is 27.7 Å². The number of carbonyl (C=O) groups is 6. The van der Waals surface area contributed by atoms with Gasteiger partial charge in [0.05, 0.1) is 17.6 Å². The van der Waals surface area contributed by atoms with Crippen LogP contribution >= 0.6 is 0 Å². The summed E-state index contributed by atoms with van der Waals surface area (Å²) in [5.41, 5.74) is -6.07. The molecular weight excluding hydrogens is 884 g/mol. The van der Waals surface area contributed by atoms with Crippen LogP contribution in [0.15, 0.2) is 25.3 Å². The number of halogens is 4. The number of ether oxygens (including phenoxy) is 9. The molecule has 4 atom stereocenters. The molecule has 2 fully saturated rings. The largest absolute Gasteiger partial charge is 0.456 e. The minimum atomic E-state index is -4.11. The topological polar surface area (TPSA) is 210 Å². The van der Waals surface area contributed by atoms with E-state index in [0.717, 1.165) is 26.0 Å². The third-order valence-electron chi connectivity index (χ3n) is 11.3. The smallest absolute Gasteiger partial charge is 0.410 e. The number of hydrogen-bond donors (Lipinski definition) is 2. The molecule has 0 aromatic carbocycles. The van der Waals surface area contributed by atoms with Gasteiger partial charge in [-0.2, -0.15) is 17.6 Å². The van der Waals surface area contributed by atoms with Crippen LogP contribution in [-0.2, 0) is 61.8 Å². The van der Waals surface area contributed by atoms with Gasteiger partial charge in [-0.15, -0.1) is 0 Å². The lowest BCUT2D eigenvalue weighted by Crippen LogP contribution is -2.58. The zero-order valence-corrected chi connectivity index (χ0v) is 40.3. The molecule has 0 heterocycles. The predicted molar refractivity (Wildman–Crippen MR) is 227 cm³/mol. The average Bonchev–Trinajstić information content (AvgIpc) is 3.09. The van der Waals surface area contributed by atoms with Crippen LogP contribution in [0.5, 0.6) is 0 Å². The van der Waals surface area contributed by atoms with Crippen LogP contribution in [0.4, 0.5) is 27.2 Å². The Balaban J connectivity index is 1.94. The lowest BCUT2D eigenvalue weighted by atomic mass is 9.59. The second-order valence-corrected chi connectivity index (χ2v) is 20.8.